The van der Waals surface area contributed by atoms with Crippen LogP contribution in [0.2, 0.25) is 0 Å². The lowest BCUT2D eigenvalue weighted by Gasteiger charge is -2.10. The fraction of sp³-hybridized carbons (Fsp3) is 0.111. The molecular formula is C18H16N3O2S-. The van der Waals surface area contributed by atoms with E-state index in [9.17, 15) is 8.76 Å². The van der Waals surface area contributed by atoms with E-state index in [4.69, 9.17) is 5.73 Å². The molecule has 0 fully saturated rings. The van der Waals surface area contributed by atoms with E-state index in [1.807, 2.05) is 31.2 Å². The van der Waals surface area contributed by atoms with Crippen molar-refractivity contribution in [2.75, 3.05) is 5.73 Å². The Morgan fingerprint density at radius 1 is 1.04 bits per heavy atom. The van der Waals surface area contributed by atoms with Crippen molar-refractivity contribution in [2.24, 2.45) is 0 Å². The number of pyridine rings is 2. The summed E-state index contributed by atoms with van der Waals surface area (Å²) in [5.41, 5.74) is 11.4. The summed E-state index contributed by atoms with van der Waals surface area (Å²) in [6.07, 6.45) is 5.26. The predicted molar refractivity (Wildman–Crippen MR) is 94.7 cm³/mol. The number of benzene rings is 1. The normalized spacial score (nSPS) is 12.1. The van der Waals surface area contributed by atoms with E-state index in [1.54, 1.807) is 30.7 Å². The van der Waals surface area contributed by atoms with E-state index in [-0.39, 0.29) is 5.75 Å². The second-order valence-corrected chi connectivity index (χ2v) is 6.45. The van der Waals surface area contributed by atoms with Crippen LogP contribution in [0.15, 0.2) is 55.0 Å². The van der Waals surface area contributed by atoms with Crippen LogP contribution in [-0.2, 0) is 16.8 Å². The third-order valence-corrected chi connectivity index (χ3v) is 4.25. The van der Waals surface area contributed by atoms with Gasteiger partial charge in [0.15, 0.2) is 0 Å². The smallest absolute Gasteiger partial charge is 0.131 e. The number of aromatic nitrogens is 2. The lowest BCUT2D eigenvalue weighted by atomic mass is 10.0. The fourth-order valence-electron chi connectivity index (χ4n) is 2.50. The number of anilines is 1. The lowest BCUT2D eigenvalue weighted by Crippen LogP contribution is -1.96. The molecule has 0 bridgehead atoms. The molecule has 1 unspecified atom stereocenters. The van der Waals surface area contributed by atoms with Gasteiger partial charge in [-0.15, -0.1) is 0 Å². The molecule has 122 valence electrons. The van der Waals surface area contributed by atoms with Crippen LogP contribution < -0.4 is 5.73 Å². The first-order valence-corrected chi connectivity index (χ1v) is 8.60. The van der Waals surface area contributed by atoms with Crippen molar-refractivity contribution in [1.82, 2.24) is 9.97 Å². The zero-order valence-corrected chi connectivity index (χ0v) is 13.9. The molecule has 0 spiro atoms. The lowest BCUT2D eigenvalue weighted by molar-refractivity contribution is 0.536. The number of nitrogen functional groups attached to an aromatic ring is 1. The highest BCUT2D eigenvalue weighted by Gasteiger charge is 2.08. The topological polar surface area (TPSA) is 91.9 Å². The molecule has 0 saturated carbocycles. The fourth-order valence-corrected chi connectivity index (χ4v) is 2.96. The number of hydrogen-bond acceptors (Lipinski definition) is 5. The van der Waals surface area contributed by atoms with Gasteiger partial charge in [-0.3, -0.25) is 9.19 Å². The molecular weight excluding hydrogens is 322 g/mol. The Bertz CT molecular complexity index is 895. The zero-order chi connectivity index (χ0) is 17.1. The summed E-state index contributed by atoms with van der Waals surface area (Å²) in [4.78, 5) is 8.49. The average molecular weight is 338 g/mol. The summed E-state index contributed by atoms with van der Waals surface area (Å²) in [5.74, 6) is 0.463. The van der Waals surface area contributed by atoms with Crippen LogP contribution in [-0.4, -0.2) is 18.7 Å². The molecule has 0 aliphatic rings. The molecule has 3 rings (SSSR count). The molecule has 1 atom stereocenters. The van der Waals surface area contributed by atoms with Crippen LogP contribution >= 0.6 is 0 Å². The number of rotatable bonds is 4. The molecule has 6 heteroatoms. The molecule has 3 aromatic rings. The van der Waals surface area contributed by atoms with Gasteiger partial charge in [0.25, 0.3) is 0 Å². The monoisotopic (exact) mass is 338 g/mol. The minimum absolute atomic E-state index is 0.0144. The summed E-state index contributed by atoms with van der Waals surface area (Å²) in [5, 5.41) is 0. The number of nitrogens with zero attached hydrogens (tertiary/aromatic N) is 2. The van der Waals surface area contributed by atoms with Gasteiger partial charge in [-0.25, -0.2) is 4.98 Å². The SMILES string of the molecule is Cc1cncc(-c2cc(-c3ccc(CS(=O)[O-])cc3)cnc2N)c1. The van der Waals surface area contributed by atoms with E-state index in [0.29, 0.717) is 5.82 Å². The summed E-state index contributed by atoms with van der Waals surface area (Å²) >= 11 is -2.09. The van der Waals surface area contributed by atoms with Gasteiger partial charge >= 0.3 is 0 Å². The highest BCUT2D eigenvalue weighted by Crippen LogP contribution is 2.29. The molecule has 0 amide bonds. The van der Waals surface area contributed by atoms with Gasteiger partial charge < -0.3 is 10.3 Å². The van der Waals surface area contributed by atoms with E-state index in [1.165, 1.54) is 0 Å². The first-order chi connectivity index (χ1) is 11.5. The third-order valence-electron chi connectivity index (χ3n) is 3.68. The van der Waals surface area contributed by atoms with Crippen molar-refractivity contribution in [2.45, 2.75) is 12.7 Å². The Morgan fingerprint density at radius 2 is 1.79 bits per heavy atom. The van der Waals surface area contributed by atoms with Crippen LogP contribution in [0.1, 0.15) is 11.1 Å². The van der Waals surface area contributed by atoms with Crippen molar-refractivity contribution in [3.8, 4) is 22.3 Å². The summed E-state index contributed by atoms with van der Waals surface area (Å²) in [6, 6.07) is 11.3. The highest BCUT2D eigenvalue weighted by atomic mass is 32.2. The van der Waals surface area contributed by atoms with Crippen molar-refractivity contribution < 1.29 is 8.76 Å². The van der Waals surface area contributed by atoms with Gasteiger partial charge in [0.1, 0.15) is 5.82 Å². The second kappa shape index (κ2) is 6.90. The van der Waals surface area contributed by atoms with Gasteiger partial charge in [0.2, 0.25) is 0 Å². The van der Waals surface area contributed by atoms with Gasteiger partial charge in [0, 0.05) is 41.0 Å². The van der Waals surface area contributed by atoms with E-state index >= 15 is 0 Å². The zero-order valence-electron chi connectivity index (χ0n) is 13.1. The summed E-state index contributed by atoms with van der Waals surface area (Å²) in [6.45, 7) is 1.97. The first kappa shape index (κ1) is 16.3. The van der Waals surface area contributed by atoms with Crippen molar-refractivity contribution in [3.63, 3.8) is 0 Å². The standard InChI is InChI=1S/C18H17N3O2S/c1-12-6-16(9-20-8-12)17-7-15(10-21-18(17)19)14-4-2-13(3-5-14)11-24(22)23/h2-10H,11H2,1H3,(H2,19,21)(H,22,23)/p-1. The number of nitrogens with two attached hydrogens (primary N) is 1. The Morgan fingerprint density at radius 3 is 2.46 bits per heavy atom. The second-order valence-electron chi connectivity index (χ2n) is 5.55. The maximum Gasteiger partial charge on any atom is 0.131 e. The van der Waals surface area contributed by atoms with Gasteiger partial charge in [-0.1, -0.05) is 35.3 Å². The Labute approximate surface area is 142 Å². The molecule has 2 heterocycles. The van der Waals surface area contributed by atoms with Crippen LogP contribution in [0, 0.1) is 6.92 Å². The minimum atomic E-state index is -2.09. The molecule has 24 heavy (non-hydrogen) atoms. The van der Waals surface area contributed by atoms with Crippen molar-refractivity contribution in [1.29, 1.82) is 0 Å². The van der Waals surface area contributed by atoms with Crippen LogP contribution in [0.3, 0.4) is 0 Å². The van der Waals surface area contributed by atoms with Crippen LogP contribution in [0.25, 0.3) is 22.3 Å². The molecule has 1 aromatic carbocycles. The van der Waals surface area contributed by atoms with Crippen LogP contribution in [0.5, 0.6) is 0 Å². The highest BCUT2D eigenvalue weighted by molar-refractivity contribution is 7.78. The van der Waals surface area contributed by atoms with Crippen LogP contribution in [0.4, 0.5) is 5.82 Å². The maximum atomic E-state index is 10.8. The maximum absolute atomic E-state index is 10.8. The Kier molecular flexibility index (Phi) is 4.69. The van der Waals surface area contributed by atoms with Crippen molar-refractivity contribution in [3.05, 3.63) is 66.1 Å². The molecule has 2 aromatic heterocycles. The summed E-state index contributed by atoms with van der Waals surface area (Å²) in [7, 11) is 0. The Balaban J connectivity index is 1.98. The molecule has 0 saturated heterocycles. The van der Waals surface area contributed by atoms with Gasteiger partial charge in [-0.2, -0.15) is 0 Å². The number of aryl methyl sites for hydroxylation is 1. The Hall–Kier alpha value is -2.57. The number of hydrogen-bond donors (Lipinski definition) is 1. The van der Waals surface area contributed by atoms with Gasteiger partial charge in [0.05, 0.1) is 0 Å². The third kappa shape index (κ3) is 3.67. The largest absolute Gasteiger partial charge is 0.772 e. The predicted octanol–water partition coefficient (Wildman–Crippen LogP) is 3.08. The van der Waals surface area contributed by atoms with E-state index in [2.05, 4.69) is 9.97 Å². The molecule has 0 aliphatic carbocycles. The first-order valence-electron chi connectivity index (χ1n) is 7.35. The quantitative estimate of drug-likeness (QED) is 0.738. The van der Waals surface area contributed by atoms with Crippen molar-refractivity contribution >= 4 is 16.9 Å². The molecule has 5 nitrogen and oxygen atoms in total. The van der Waals surface area contributed by atoms with E-state index in [0.717, 1.165) is 33.4 Å². The molecule has 0 aliphatic heterocycles. The average Bonchev–Trinajstić information content (AvgIpc) is 2.55. The van der Waals surface area contributed by atoms with E-state index < -0.39 is 11.1 Å². The van der Waals surface area contributed by atoms with Gasteiger partial charge in [-0.05, 0) is 35.7 Å². The molecule has 0 radical (unpaired) electrons. The minimum Gasteiger partial charge on any atom is -0.772 e. The summed E-state index contributed by atoms with van der Waals surface area (Å²) < 4.78 is 21.5. The molecule has 2 N–H and O–H groups in total.